The van der Waals surface area contributed by atoms with Gasteiger partial charge in [-0.3, -0.25) is 4.79 Å². The number of ketones is 1. The van der Waals surface area contributed by atoms with E-state index >= 15 is 0 Å². The van der Waals surface area contributed by atoms with Gasteiger partial charge in [0.2, 0.25) is 0 Å². The van der Waals surface area contributed by atoms with E-state index in [0.29, 0.717) is 22.7 Å². The van der Waals surface area contributed by atoms with Gasteiger partial charge in [0.1, 0.15) is 11.6 Å². The summed E-state index contributed by atoms with van der Waals surface area (Å²) in [5, 5.41) is 1.24. The number of nitrogens with zero attached hydrogens (tertiary/aromatic N) is 1. The van der Waals surface area contributed by atoms with Crippen molar-refractivity contribution in [3.8, 4) is 0 Å². The van der Waals surface area contributed by atoms with Crippen LogP contribution in [0.4, 0.5) is 8.78 Å². The molecule has 1 aromatic heterocycles. The number of aromatic nitrogens is 1. The van der Waals surface area contributed by atoms with Crippen molar-refractivity contribution >= 4 is 28.3 Å². The first-order valence-corrected chi connectivity index (χ1v) is 8.72. The van der Waals surface area contributed by atoms with E-state index in [1.54, 1.807) is 30.5 Å². The molecule has 0 spiro atoms. The van der Waals surface area contributed by atoms with Crippen molar-refractivity contribution < 1.29 is 13.6 Å². The van der Waals surface area contributed by atoms with Gasteiger partial charge in [-0.2, -0.15) is 0 Å². The van der Waals surface area contributed by atoms with Gasteiger partial charge in [0.25, 0.3) is 0 Å². The maximum Gasteiger partial charge on any atom is 0.195 e. The molecule has 0 unspecified atom stereocenters. The molecule has 0 fully saturated rings. The van der Waals surface area contributed by atoms with Gasteiger partial charge in [0, 0.05) is 39.8 Å². The van der Waals surface area contributed by atoms with E-state index in [1.807, 2.05) is 10.6 Å². The summed E-state index contributed by atoms with van der Waals surface area (Å²) < 4.78 is 28.3. The molecule has 0 radical (unpaired) electrons. The Labute approximate surface area is 159 Å². The van der Waals surface area contributed by atoms with Crippen LogP contribution in [0.1, 0.15) is 21.5 Å². The Morgan fingerprint density at radius 1 is 0.889 bits per heavy atom. The molecule has 134 valence electrons. The molecule has 0 saturated carbocycles. The molecule has 0 bridgehead atoms. The Hall–Kier alpha value is -2.98. The van der Waals surface area contributed by atoms with Crippen molar-refractivity contribution in [1.29, 1.82) is 0 Å². The van der Waals surface area contributed by atoms with Crippen LogP contribution in [-0.4, -0.2) is 10.4 Å². The molecule has 0 N–H and O–H groups in total. The number of benzene rings is 3. The zero-order valence-corrected chi connectivity index (χ0v) is 14.9. The second kappa shape index (κ2) is 6.97. The van der Waals surface area contributed by atoms with Crippen LogP contribution in [0.15, 0.2) is 72.9 Å². The average Bonchev–Trinajstić information content (AvgIpc) is 3.01. The van der Waals surface area contributed by atoms with E-state index in [1.165, 1.54) is 36.4 Å². The van der Waals surface area contributed by atoms with Crippen molar-refractivity contribution in [2.24, 2.45) is 0 Å². The fourth-order valence-electron chi connectivity index (χ4n) is 3.12. The van der Waals surface area contributed by atoms with Crippen molar-refractivity contribution in [1.82, 2.24) is 4.57 Å². The van der Waals surface area contributed by atoms with Crippen molar-refractivity contribution in [2.75, 3.05) is 0 Å². The topological polar surface area (TPSA) is 22.0 Å². The van der Waals surface area contributed by atoms with Crippen molar-refractivity contribution in [2.45, 2.75) is 6.54 Å². The third-order valence-electron chi connectivity index (χ3n) is 4.46. The van der Waals surface area contributed by atoms with Crippen LogP contribution in [0.25, 0.3) is 10.9 Å². The smallest absolute Gasteiger partial charge is 0.195 e. The van der Waals surface area contributed by atoms with Gasteiger partial charge in [-0.15, -0.1) is 0 Å². The summed E-state index contributed by atoms with van der Waals surface area (Å²) in [6.07, 6.45) is 1.76. The number of hydrogen-bond donors (Lipinski definition) is 0. The van der Waals surface area contributed by atoms with Gasteiger partial charge in [-0.25, -0.2) is 8.78 Å². The first kappa shape index (κ1) is 17.4. The molecule has 0 saturated heterocycles. The Kier molecular flexibility index (Phi) is 4.50. The molecule has 1 heterocycles. The van der Waals surface area contributed by atoms with Gasteiger partial charge >= 0.3 is 0 Å². The van der Waals surface area contributed by atoms with Gasteiger partial charge in [0.15, 0.2) is 5.78 Å². The molecule has 27 heavy (non-hydrogen) atoms. The second-order valence-corrected chi connectivity index (χ2v) is 6.73. The normalized spacial score (nSPS) is 11.1. The lowest BCUT2D eigenvalue weighted by molar-refractivity contribution is 0.104. The van der Waals surface area contributed by atoms with Crippen LogP contribution >= 0.6 is 11.6 Å². The number of rotatable bonds is 4. The summed E-state index contributed by atoms with van der Waals surface area (Å²) in [6.45, 7) is 0.481. The lowest BCUT2D eigenvalue weighted by Gasteiger charge is -2.05. The highest BCUT2D eigenvalue weighted by atomic mass is 35.5. The van der Waals surface area contributed by atoms with Crippen molar-refractivity contribution in [3.05, 3.63) is 106 Å². The Morgan fingerprint density at radius 2 is 1.52 bits per heavy atom. The SMILES string of the molecule is O=C(c1ccc(F)cc1)c1cn(Cc2ccc(F)cc2)c2ccc(Cl)cc12. The third kappa shape index (κ3) is 3.49. The van der Waals surface area contributed by atoms with Gasteiger partial charge in [0.05, 0.1) is 0 Å². The first-order chi connectivity index (χ1) is 13.0. The zero-order chi connectivity index (χ0) is 19.0. The average molecular weight is 382 g/mol. The van der Waals surface area contributed by atoms with Gasteiger partial charge in [-0.1, -0.05) is 23.7 Å². The summed E-state index contributed by atoms with van der Waals surface area (Å²) in [4.78, 5) is 13.0. The lowest BCUT2D eigenvalue weighted by Crippen LogP contribution is -2.01. The minimum absolute atomic E-state index is 0.208. The predicted octanol–water partition coefficient (Wildman–Crippen LogP) is 5.85. The highest BCUT2D eigenvalue weighted by Gasteiger charge is 2.17. The Bertz CT molecular complexity index is 1130. The van der Waals surface area contributed by atoms with Crippen LogP contribution in [0.5, 0.6) is 0 Å². The number of carbonyl (C=O) groups excluding carboxylic acids is 1. The van der Waals surface area contributed by atoms with E-state index in [2.05, 4.69) is 0 Å². The van der Waals surface area contributed by atoms with Crippen LogP contribution < -0.4 is 0 Å². The molecule has 0 aliphatic rings. The summed E-state index contributed by atoms with van der Waals surface area (Å²) >= 11 is 6.14. The maximum atomic E-state index is 13.2. The molecule has 0 aliphatic carbocycles. The quantitative estimate of drug-likeness (QED) is 0.406. The van der Waals surface area contributed by atoms with Crippen molar-refractivity contribution in [3.63, 3.8) is 0 Å². The molecule has 3 aromatic carbocycles. The van der Waals surface area contributed by atoms with E-state index in [-0.39, 0.29) is 11.6 Å². The predicted molar refractivity (Wildman–Crippen MR) is 102 cm³/mol. The highest BCUT2D eigenvalue weighted by molar-refractivity contribution is 6.31. The monoisotopic (exact) mass is 381 g/mol. The molecule has 2 nitrogen and oxygen atoms in total. The number of fused-ring (bicyclic) bond motifs is 1. The maximum absolute atomic E-state index is 13.2. The molecular formula is C22H14ClF2NO. The molecule has 4 aromatic rings. The second-order valence-electron chi connectivity index (χ2n) is 6.29. The summed E-state index contributed by atoms with van der Waals surface area (Å²) in [5.74, 6) is -0.900. The van der Waals surface area contributed by atoms with Gasteiger partial charge in [-0.05, 0) is 60.2 Å². The largest absolute Gasteiger partial charge is 0.342 e. The molecule has 0 amide bonds. The Balaban J connectivity index is 1.80. The number of carbonyl (C=O) groups is 1. The zero-order valence-electron chi connectivity index (χ0n) is 14.1. The fraction of sp³-hybridized carbons (Fsp3) is 0.0455. The number of halogens is 3. The first-order valence-electron chi connectivity index (χ1n) is 8.34. The summed E-state index contributed by atoms with van der Waals surface area (Å²) in [6, 6.07) is 17.0. The van der Waals surface area contributed by atoms with E-state index in [9.17, 15) is 13.6 Å². The van der Waals surface area contributed by atoms with Crippen LogP contribution in [0, 0.1) is 11.6 Å². The van der Waals surface area contributed by atoms with E-state index < -0.39 is 5.82 Å². The fourth-order valence-corrected chi connectivity index (χ4v) is 3.30. The summed E-state index contributed by atoms with van der Waals surface area (Å²) in [5.41, 5.74) is 2.64. The van der Waals surface area contributed by atoms with E-state index in [4.69, 9.17) is 11.6 Å². The standard InChI is InChI=1S/C22H14ClF2NO/c23-16-5-10-21-19(11-16)20(22(27)15-3-8-18(25)9-4-15)13-26(21)12-14-1-6-17(24)7-2-14/h1-11,13H,12H2. The highest BCUT2D eigenvalue weighted by Crippen LogP contribution is 2.28. The lowest BCUT2D eigenvalue weighted by atomic mass is 10.0. The van der Waals surface area contributed by atoms with Crippen LogP contribution in [0.2, 0.25) is 5.02 Å². The van der Waals surface area contributed by atoms with Crippen LogP contribution in [0.3, 0.4) is 0 Å². The molecule has 0 aliphatic heterocycles. The molecule has 4 rings (SSSR count). The third-order valence-corrected chi connectivity index (χ3v) is 4.70. The number of hydrogen-bond acceptors (Lipinski definition) is 1. The Morgan fingerprint density at radius 3 is 2.19 bits per heavy atom. The molecule has 5 heteroatoms. The minimum atomic E-state index is -0.395. The van der Waals surface area contributed by atoms with Gasteiger partial charge < -0.3 is 4.57 Å². The van der Waals surface area contributed by atoms with Crippen LogP contribution in [-0.2, 0) is 6.54 Å². The minimum Gasteiger partial charge on any atom is -0.342 e. The molecule has 0 atom stereocenters. The summed E-state index contributed by atoms with van der Waals surface area (Å²) in [7, 11) is 0. The van der Waals surface area contributed by atoms with E-state index in [0.717, 1.165) is 16.5 Å². The molecular weight excluding hydrogens is 368 g/mol.